The molecule has 4 rings (SSSR count). The van der Waals surface area contributed by atoms with Crippen LogP contribution < -0.4 is 10.6 Å². The Morgan fingerprint density at radius 3 is 2.66 bits per heavy atom. The number of nitrogens with zero attached hydrogens (tertiary/aromatic N) is 2. The number of rotatable bonds is 12. The maximum absolute atomic E-state index is 13.3. The first-order valence-electron chi connectivity index (χ1n) is 13.4. The summed E-state index contributed by atoms with van der Waals surface area (Å²) < 4.78 is 7.13. The van der Waals surface area contributed by atoms with Crippen LogP contribution >= 0.6 is 11.8 Å². The van der Waals surface area contributed by atoms with Crippen molar-refractivity contribution in [1.29, 1.82) is 0 Å². The fourth-order valence-electron chi connectivity index (χ4n) is 5.03. The molecule has 1 fully saturated rings. The normalized spacial score (nSPS) is 14.6. The zero-order valence-corrected chi connectivity index (χ0v) is 23.1. The quantitative estimate of drug-likeness (QED) is 0.287. The standard InChI is InChI=1S/C30H38N4O3S/c1-37-30(36)28(15-16-38-2)33-29(35)26-14-13-24(17-27(26)23-11-7-4-8-12-23)31-18-25-20-34(21-32-25)19-22-9-5-3-6-10-22/h4,7-8,11-14,17,20-22,28,31H,3,5-6,9-10,15-16,18-19H2,1-2H3,(H,33,35)/t28-/m0/s1. The second-order valence-corrected chi connectivity index (χ2v) is 10.9. The number of hydrogen-bond acceptors (Lipinski definition) is 6. The Kier molecular flexibility index (Phi) is 10.3. The van der Waals surface area contributed by atoms with Gasteiger partial charge < -0.3 is 19.9 Å². The molecule has 38 heavy (non-hydrogen) atoms. The second-order valence-electron chi connectivity index (χ2n) is 9.88. The highest BCUT2D eigenvalue weighted by molar-refractivity contribution is 7.98. The Labute approximate surface area is 229 Å². The van der Waals surface area contributed by atoms with Crippen LogP contribution in [0.2, 0.25) is 0 Å². The largest absolute Gasteiger partial charge is 0.467 e. The van der Waals surface area contributed by atoms with Crippen LogP contribution in [0, 0.1) is 5.92 Å². The van der Waals surface area contributed by atoms with Gasteiger partial charge in [0.05, 0.1) is 25.7 Å². The van der Waals surface area contributed by atoms with Gasteiger partial charge in [-0.25, -0.2) is 9.78 Å². The molecular weight excluding hydrogens is 496 g/mol. The average molecular weight is 535 g/mol. The Morgan fingerprint density at radius 1 is 1.13 bits per heavy atom. The molecule has 202 valence electrons. The van der Waals surface area contributed by atoms with Crippen molar-refractivity contribution in [2.75, 3.05) is 24.4 Å². The van der Waals surface area contributed by atoms with Crippen LogP contribution in [0.4, 0.5) is 5.69 Å². The monoisotopic (exact) mass is 534 g/mol. The highest BCUT2D eigenvalue weighted by Crippen LogP contribution is 2.28. The van der Waals surface area contributed by atoms with E-state index in [-0.39, 0.29) is 5.91 Å². The van der Waals surface area contributed by atoms with E-state index in [1.165, 1.54) is 39.2 Å². The number of carbonyl (C=O) groups excluding carboxylic acids is 2. The van der Waals surface area contributed by atoms with Crippen molar-refractivity contribution < 1.29 is 14.3 Å². The fourth-order valence-corrected chi connectivity index (χ4v) is 5.50. The van der Waals surface area contributed by atoms with E-state index < -0.39 is 12.0 Å². The Morgan fingerprint density at radius 2 is 1.92 bits per heavy atom. The first kappa shape index (κ1) is 27.8. The summed E-state index contributed by atoms with van der Waals surface area (Å²) in [7, 11) is 1.34. The molecule has 0 radical (unpaired) electrons. The van der Waals surface area contributed by atoms with E-state index >= 15 is 0 Å². The molecule has 2 aromatic carbocycles. The summed E-state index contributed by atoms with van der Waals surface area (Å²) in [5.74, 6) is 0.763. The van der Waals surface area contributed by atoms with Gasteiger partial charge in [-0.15, -0.1) is 0 Å². The summed E-state index contributed by atoms with van der Waals surface area (Å²) in [6, 6.07) is 14.8. The van der Waals surface area contributed by atoms with Gasteiger partial charge >= 0.3 is 5.97 Å². The number of carbonyl (C=O) groups is 2. The third-order valence-electron chi connectivity index (χ3n) is 7.10. The molecule has 1 saturated carbocycles. The van der Waals surface area contributed by atoms with Crippen molar-refractivity contribution >= 4 is 29.3 Å². The number of aromatic nitrogens is 2. The predicted molar refractivity (Wildman–Crippen MR) is 154 cm³/mol. The molecule has 1 amide bonds. The lowest BCUT2D eigenvalue weighted by molar-refractivity contribution is -0.142. The molecule has 0 spiro atoms. The van der Waals surface area contributed by atoms with E-state index in [4.69, 9.17) is 4.74 Å². The zero-order chi connectivity index (χ0) is 26.7. The smallest absolute Gasteiger partial charge is 0.328 e. The van der Waals surface area contributed by atoms with Crippen LogP contribution in [0.25, 0.3) is 11.1 Å². The van der Waals surface area contributed by atoms with Crippen molar-refractivity contribution in [3.05, 3.63) is 72.3 Å². The van der Waals surface area contributed by atoms with Gasteiger partial charge in [0.2, 0.25) is 0 Å². The minimum atomic E-state index is -0.690. The van der Waals surface area contributed by atoms with Crippen LogP contribution in [0.1, 0.15) is 54.6 Å². The topological polar surface area (TPSA) is 85.2 Å². The van der Waals surface area contributed by atoms with Crippen molar-refractivity contribution in [3.63, 3.8) is 0 Å². The molecule has 2 N–H and O–H groups in total. The number of thioether (sulfide) groups is 1. The van der Waals surface area contributed by atoms with E-state index in [1.807, 2.05) is 61.1 Å². The Balaban J connectivity index is 1.48. The van der Waals surface area contributed by atoms with Crippen molar-refractivity contribution in [2.24, 2.45) is 5.92 Å². The molecule has 0 unspecified atom stereocenters. The minimum Gasteiger partial charge on any atom is -0.467 e. The van der Waals surface area contributed by atoms with E-state index in [9.17, 15) is 9.59 Å². The van der Waals surface area contributed by atoms with Gasteiger partial charge in [-0.1, -0.05) is 49.6 Å². The first-order valence-corrected chi connectivity index (χ1v) is 14.8. The van der Waals surface area contributed by atoms with Gasteiger partial charge in [0.25, 0.3) is 5.91 Å². The van der Waals surface area contributed by atoms with E-state index in [2.05, 4.69) is 26.4 Å². The van der Waals surface area contributed by atoms with Gasteiger partial charge in [-0.05, 0) is 66.5 Å². The molecule has 1 aliphatic rings. The lowest BCUT2D eigenvalue weighted by Gasteiger charge is -2.21. The number of anilines is 1. The van der Waals surface area contributed by atoms with Gasteiger partial charge in [0.1, 0.15) is 6.04 Å². The van der Waals surface area contributed by atoms with Gasteiger partial charge in [0.15, 0.2) is 0 Å². The number of amides is 1. The first-order chi connectivity index (χ1) is 18.6. The molecule has 0 aliphatic heterocycles. The van der Waals surface area contributed by atoms with Crippen LogP contribution in [-0.4, -0.2) is 46.6 Å². The van der Waals surface area contributed by atoms with Crippen molar-refractivity contribution in [3.8, 4) is 11.1 Å². The number of ether oxygens (including phenoxy) is 1. The maximum Gasteiger partial charge on any atom is 0.328 e. The molecule has 3 aromatic rings. The molecule has 1 atom stereocenters. The van der Waals surface area contributed by atoms with E-state index in [0.717, 1.165) is 40.7 Å². The van der Waals surface area contributed by atoms with Crippen LogP contribution in [0.3, 0.4) is 0 Å². The summed E-state index contributed by atoms with van der Waals surface area (Å²) in [5.41, 5.74) is 4.12. The maximum atomic E-state index is 13.3. The Bertz CT molecular complexity index is 1190. The van der Waals surface area contributed by atoms with Crippen molar-refractivity contribution in [1.82, 2.24) is 14.9 Å². The number of nitrogens with one attached hydrogen (secondary N) is 2. The molecule has 7 nitrogen and oxygen atoms in total. The lowest BCUT2D eigenvalue weighted by Crippen LogP contribution is -2.42. The number of methoxy groups -OCH3 is 1. The number of hydrogen-bond donors (Lipinski definition) is 2. The fraction of sp³-hybridized carbons (Fsp3) is 0.433. The number of imidazole rings is 1. The van der Waals surface area contributed by atoms with Gasteiger partial charge in [-0.2, -0.15) is 11.8 Å². The SMILES string of the molecule is COC(=O)[C@H](CCSC)NC(=O)c1ccc(NCc2cn(CC3CCCCC3)cn2)cc1-c1ccccc1. The summed E-state index contributed by atoms with van der Waals surface area (Å²) in [5, 5.41) is 6.35. The molecule has 1 aliphatic carbocycles. The molecule has 0 saturated heterocycles. The summed E-state index contributed by atoms with van der Waals surface area (Å²) in [4.78, 5) is 30.2. The zero-order valence-electron chi connectivity index (χ0n) is 22.3. The van der Waals surface area contributed by atoms with E-state index in [0.29, 0.717) is 18.5 Å². The van der Waals surface area contributed by atoms with E-state index in [1.54, 1.807) is 11.8 Å². The third kappa shape index (κ3) is 7.63. The summed E-state index contributed by atoms with van der Waals surface area (Å²) >= 11 is 1.62. The summed E-state index contributed by atoms with van der Waals surface area (Å²) in [6.45, 7) is 1.63. The second kappa shape index (κ2) is 14.0. The minimum absolute atomic E-state index is 0.298. The van der Waals surface area contributed by atoms with Gasteiger partial charge in [-0.3, -0.25) is 4.79 Å². The molecule has 1 heterocycles. The van der Waals surface area contributed by atoms with Crippen LogP contribution in [0.15, 0.2) is 61.1 Å². The Hall–Kier alpha value is -3.26. The van der Waals surface area contributed by atoms with Gasteiger partial charge in [0, 0.05) is 24.0 Å². The predicted octanol–water partition coefficient (Wildman–Crippen LogP) is 5.77. The molecular formula is C30H38N4O3S. The van der Waals surface area contributed by atoms with Crippen LogP contribution in [0.5, 0.6) is 0 Å². The average Bonchev–Trinajstić information content (AvgIpc) is 3.41. The number of esters is 1. The van der Waals surface area contributed by atoms with Crippen LogP contribution in [-0.2, 0) is 22.6 Å². The third-order valence-corrected chi connectivity index (χ3v) is 7.75. The summed E-state index contributed by atoms with van der Waals surface area (Å²) in [6.07, 6.45) is 13.2. The molecule has 8 heteroatoms. The highest BCUT2D eigenvalue weighted by atomic mass is 32.2. The molecule has 0 bridgehead atoms. The number of benzene rings is 2. The highest BCUT2D eigenvalue weighted by Gasteiger charge is 2.23. The molecule has 1 aromatic heterocycles. The lowest BCUT2D eigenvalue weighted by atomic mass is 9.89. The van der Waals surface area contributed by atoms with Crippen molar-refractivity contribution in [2.45, 2.75) is 57.7 Å².